The van der Waals surface area contributed by atoms with E-state index in [1.807, 2.05) is 0 Å². The molecule has 0 bridgehead atoms. The lowest BCUT2D eigenvalue weighted by Gasteiger charge is -2.27. The first kappa shape index (κ1) is 15.9. The van der Waals surface area contributed by atoms with E-state index in [9.17, 15) is 0 Å². The summed E-state index contributed by atoms with van der Waals surface area (Å²) in [5.74, 6) is 0.792. The van der Waals surface area contributed by atoms with Crippen molar-refractivity contribution in [3.63, 3.8) is 0 Å². The molecule has 3 heteroatoms. The molecule has 1 heterocycles. The van der Waals surface area contributed by atoms with Crippen LogP contribution in [0.2, 0.25) is 0 Å². The van der Waals surface area contributed by atoms with Crippen LogP contribution < -0.4 is 5.73 Å². The van der Waals surface area contributed by atoms with E-state index < -0.39 is 0 Å². The number of likely N-dealkylation sites (tertiary alicyclic amines) is 1. The van der Waals surface area contributed by atoms with Gasteiger partial charge in [-0.25, -0.2) is 0 Å². The van der Waals surface area contributed by atoms with Crippen molar-refractivity contribution in [2.24, 2.45) is 11.7 Å². The van der Waals surface area contributed by atoms with Crippen molar-refractivity contribution >= 4 is 0 Å². The van der Waals surface area contributed by atoms with E-state index in [0.717, 1.165) is 12.0 Å². The lowest BCUT2D eigenvalue weighted by atomic mass is 10.0. The van der Waals surface area contributed by atoms with Gasteiger partial charge in [-0.3, -0.25) is 0 Å². The van der Waals surface area contributed by atoms with E-state index in [4.69, 9.17) is 5.73 Å². The number of hydrogen-bond donors (Lipinski definition) is 1. The fourth-order valence-electron chi connectivity index (χ4n) is 3.06. The topological polar surface area (TPSA) is 32.5 Å². The van der Waals surface area contributed by atoms with E-state index in [2.05, 4.69) is 37.7 Å². The maximum absolute atomic E-state index is 5.79. The van der Waals surface area contributed by atoms with Crippen LogP contribution in [-0.2, 0) is 0 Å². The highest BCUT2D eigenvalue weighted by molar-refractivity contribution is 4.79. The van der Waals surface area contributed by atoms with Gasteiger partial charge in [0, 0.05) is 25.2 Å². The highest BCUT2D eigenvalue weighted by Gasteiger charge is 2.22. The molecule has 0 saturated carbocycles. The molecular weight excluding hydrogens is 222 g/mol. The Kier molecular flexibility index (Phi) is 7.20. The summed E-state index contributed by atoms with van der Waals surface area (Å²) in [6, 6.07) is 1.15. The largest absolute Gasteiger partial charge is 0.328 e. The number of hydrogen-bond acceptors (Lipinski definition) is 3. The van der Waals surface area contributed by atoms with Crippen molar-refractivity contribution in [3.05, 3.63) is 0 Å². The fourth-order valence-corrected chi connectivity index (χ4v) is 3.06. The summed E-state index contributed by atoms with van der Waals surface area (Å²) < 4.78 is 0. The SMILES string of the molecule is CC(N)CCCC(C)CN(C)CC1CCCN1C. The predicted octanol–water partition coefficient (Wildman–Crippen LogP) is 2.17. The number of nitrogens with zero attached hydrogens (tertiary/aromatic N) is 2. The molecule has 0 radical (unpaired) electrons. The fraction of sp³-hybridized carbons (Fsp3) is 1.00. The van der Waals surface area contributed by atoms with Gasteiger partial charge in [-0.2, -0.15) is 0 Å². The van der Waals surface area contributed by atoms with Crippen LogP contribution >= 0.6 is 0 Å². The third-order valence-electron chi connectivity index (χ3n) is 4.17. The van der Waals surface area contributed by atoms with Gasteiger partial charge in [0.2, 0.25) is 0 Å². The van der Waals surface area contributed by atoms with Gasteiger partial charge in [0.25, 0.3) is 0 Å². The summed E-state index contributed by atoms with van der Waals surface area (Å²) in [6.07, 6.45) is 6.50. The monoisotopic (exact) mass is 255 g/mol. The lowest BCUT2D eigenvalue weighted by molar-refractivity contribution is 0.199. The van der Waals surface area contributed by atoms with Gasteiger partial charge >= 0.3 is 0 Å². The van der Waals surface area contributed by atoms with Crippen LogP contribution in [0.15, 0.2) is 0 Å². The maximum Gasteiger partial charge on any atom is 0.0220 e. The molecule has 0 aromatic heterocycles. The average molecular weight is 255 g/mol. The molecule has 1 aliphatic rings. The molecule has 0 spiro atoms. The van der Waals surface area contributed by atoms with E-state index in [1.54, 1.807) is 0 Å². The summed E-state index contributed by atoms with van der Waals surface area (Å²) in [6.45, 7) is 8.21. The third kappa shape index (κ3) is 6.17. The first-order valence-corrected chi connectivity index (χ1v) is 7.63. The molecule has 0 aromatic carbocycles. The Morgan fingerprint density at radius 2 is 2.06 bits per heavy atom. The summed E-state index contributed by atoms with van der Waals surface area (Å²) in [7, 11) is 4.53. The minimum Gasteiger partial charge on any atom is -0.328 e. The zero-order valence-electron chi connectivity index (χ0n) is 12.9. The van der Waals surface area contributed by atoms with Crippen LogP contribution in [-0.4, -0.2) is 55.6 Å². The highest BCUT2D eigenvalue weighted by Crippen LogP contribution is 2.16. The smallest absolute Gasteiger partial charge is 0.0220 e. The van der Waals surface area contributed by atoms with Crippen LogP contribution in [0.4, 0.5) is 0 Å². The quantitative estimate of drug-likeness (QED) is 0.721. The van der Waals surface area contributed by atoms with E-state index in [1.165, 1.54) is 51.7 Å². The summed E-state index contributed by atoms with van der Waals surface area (Å²) in [4.78, 5) is 5.03. The van der Waals surface area contributed by atoms with Gasteiger partial charge in [-0.1, -0.05) is 13.3 Å². The Bertz CT molecular complexity index is 218. The molecular formula is C15H33N3. The molecule has 3 nitrogen and oxygen atoms in total. The molecule has 0 amide bonds. The summed E-state index contributed by atoms with van der Waals surface area (Å²) in [5, 5.41) is 0. The Morgan fingerprint density at radius 1 is 1.33 bits per heavy atom. The van der Waals surface area contributed by atoms with Gasteiger partial charge in [0.05, 0.1) is 0 Å². The molecule has 1 aliphatic heterocycles. The van der Waals surface area contributed by atoms with Crippen LogP contribution in [0.3, 0.4) is 0 Å². The molecule has 3 unspecified atom stereocenters. The van der Waals surface area contributed by atoms with Gasteiger partial charge < -0.3 is 15.5 Å². The Labute approximate surface area is 114 Å². The molecule has 1 rings (SSSR count). The summed E-state index contributed by atoms with van der Waals surface area (Å²) in [5.41, 5.74) is 5.79. The minimum atomic E-state index is 0.363. The zero-order valence-corrected chi connectivity index (χ0v) is 12.9. The van der Waals surface area contributed by atoms with Crippen LogP contribution in [0.5, 0.6) is 0 Å². The Morgan fingerprint density at radius 3 is 2.61 bits per heavy atom. The third-order valence-corrected chi connectivity index (χ3v) is 4.17. The van der Waals surface area contributed by atoms with E-state index in [0.29, 0.717) is 6.04 Å². The minimum absolute atomic E-state index is 0.363. The normalized spacial score (nSPS) is 24.7. The second-order valence-corrected chi connectivity index (χ2v) is 6.51. The molecule has 0 aliphatic carbocycles. The number of nitrogens with two attached hydrogens (primary N) is 1. The maximum atomic E-state index is 5.79. The van der Waals surface area contributed by atoms with Crippen molar-refractivity contribution in [2.75, 3.05) is 33.7 Å². The second-order valence-electron chi connectivity index (χ2n) is 6.51. The van der Waals surface area contributed by atoms with Gasteiger partial charge in [0.1, 0.15) is 0 Å². The van der Waals surface area contributed by atoms with Crippen molar-refractivity contribution < 1.29 is 0 Å². The van der Waals surface area contributed by atoms with Crippen LogP contribution in [0.1, 0.15) is 46.0 Å². The van der Waals surface area contributed by atoms with Gasteiger partial charge in [0.15, 0.2) is 0 Å². The Balaban J connectivity index is 2.12. The van der Waals surface area contributed by atoms with Gasteiger partial charge in [-0.05, 0) is 59.2 Å². The molecule has 18 heavy (non-hydrogen) atoms. The van der Waals surface area contributed by atoms with Gasteiger partial charge in [-0.15, -0.1) is 0 Å². The molecule has 1 fully saturated rings. The molecule has 0 aromatic rings. The number of rotatable bonds is 8. The molecule has 1 saturated heterocycles. The second kappa shape index (κ2) is 8.13. The summed E-state index contributed by atoms with van der Waals surface area (Å²) >= 11 is 0. The first-order chi connectivity index (χ1) is 8.49. The molecule has 108 valence electrons. The van der Waals surface area contributed by atoms with Crippen molar-refractivity contribution in [1.29, 1.82) is 0 Å². The predicted molar refractivity (Wildman–Crippen MR) is 79.8 cm³/mol. The standard InChI is InChI=1S/C15H33N3/c1-13(7-5-8-14(2)16)11-17(3)12-15-9-6-10-18(15)4/h13-15H,5-12,16H2,1-4H3. The number of likely N-dealkylation sites (N-methyl/N-ethyl adjacent to an activating group) is 2. The highest BCUT2D eigenvalue weighted by atomic mass is 15.2. The van der Waals surface area contributed by atoms with E-state index >= 15 is 0 Å². The molecule has 2 N–H and O–H groups in total. The Hall–Kier alpha value is -0.120. The van der Waals surface area contributed by atoms with E-state index in [-0.39, 0.29) is 0 Å². The lowest BCUT2D eigenvalue weighted by Crippen LogP contribution is -2.38. The average Bonchev–Trinajstić information content (AvgIpc) is 2.63. The zero-order chi connectivity index (χ0) is 13.5. The first-order valence-electron chi connectivity index (χ1n) is 7.63. The van der Waals surface area contributed by atoms with Crippen molar-refractivity contribution in [1.82, 2.24) is 9.80 Å². The van der Waals surface area contributed by atoms with Crippen LogP contribution in [0.25, 0.3) is 0 Å². The van der Waals surface area contributed by atoms with Crippen molar-refractivity contribution in [3.8, 4) is 0 Å². The van der Waals surface area contributed by atoms with Crippen molar-refractivity contribution in [2.45, 2.75) is 58.0 Å². The molecule has 3 atom stereocenters. The van der Waals surface area contributed by atoms with Crippen LogP contribution in [0, 0.1) is 5.92 Å².